The molecule has 1 atom stereocenters. The molecule has 13 heavy (non-hydrogen) atoms. The minimum Gasteiger partial charge on any atom is -0.387 e. The maximum Gasteiger partial charge on any atom is 0.0899 e. The molecule has 0 saturated carbocycles. The van der Waals surface area contributed by atoms with Crippen molar-refractivity contribution >= 4 is 31.9 Å². The summed E-state index contributed by atoms with van der Waals surface area (Å²) in [5.41, 5.74) is 0.827. The van der Waals surface area contributed by atoms with Crippen molar-refractivity contribution in [3.63, 3.8) is 0 Å². The lowest BCUT2D eigenvalue weighted by atomic mass is 10.1. The van der Waals surface area contributed by atoms with Crippen LogP contribution in [0.1, 0.15) is 18.1 Å². The van der Waals surface area contributed by atoms with E-state index in [-0.39, 0.29) is 0 Å². The molecule has 1 unspecified atom stereocenters. The Hall–Kier alpha value is -0.300. The van der Waals surface area contributed by atoms with Crippen LogP contribution in [0.3, 0.4) is 0 Å². The van der Waals surface area contributed by atoms with Crippen molar-refractivity contribution in [2.75, 3.05) is 0 Å². The highest BCUT2D eigenvalue weighted by Crippen LogP contribution is 2.27. The topological polar surface area (TPSA) is 20.2 Å². The van der Waals surface area contributed by atoms with Gasteiger partial charge in [0.05, 0.1) is 6.10 Å². The maximum atomic E-state index is 9.56. The van der Waals surface area contributed by atoms with Gasteiger partial charge in [0, 0.05) is 15.4 Å². The minimum atomic E-state index is -0.575. The Morgan fingerprint density at radius 1 is 1.38 bits per heavy atom. The summed E-state index contributed by atoms with van der Waals surface area (Å²) in [7, 11) is 0. The molecule has 1 N–H and O–H groups in total. The summed E-state index contributed by atoms with van der Waals surface area (Å²) >= 11 is 6.70. The van der Waals surface area contributed by atoms with Crippen molar-refractivity contribution in [1.29, 1.82) is 0 Å². The van der Waals surface area contributed by atoms with Crippen LogP contribution in [0, 0.1) is 12.3 Å². The third kappa shape index (κ3) is 2.84. The van der Waals surface area contributed by atoms with E-state index in [0.29, 0.717) is 6.42 Å². The van der Waals surface area contributed by atoms with E-state index >= 15 is 0 Å². The molecular formula is C10H8Br2O. The maximum absolute atomic E-state index is 9.56. The molecular weight excluding hydrogens is 296 g/mol. The van der Waals surface area contributed by atoms with Gasteiger partial charge in [-0.15, -0.1) is 12.3 Å². The molecule has 3 heteroatoms. The lowest BCUT2D eigenvalue weighted by molar-refractivity contribution is 0.184. The molecule has 0 spiro atoms. The van der Waals surface area contributed by atoms with Gasteiger partial charge in [-0.25, -0.2) is 0 Å². The molecule has 0 aliphatic heterocycles. The lowest BCUT2D eigenvalue weighted by Gasteiger charge is -2.08. The number of hydrogen-bond acceptors (Lipinski definition) is 1. The Kier molecular flexibility index (Phi) is 3.98. The summed E-state index contributed by atoms with van der Waals surface area (Å²) in [4.78, 5) is 0. The second kappa shape index (κ2) is 4.80. The van der Waals surface area contributed by atoms with Crippen LogP contribution < -0.4 is 0 Å². The molecule has 0 bridgehead atoms. The monoisotopic (exact) mass is 302 g/mol. The number of hydrogen-bond donors (Lipinski definition) is 1. The predicted molar refractivity (Wildman–Crippen MR) is 60.3 cm³/mol. The Morgan fingerprint density at radius 3 is 2.62 bits per heavy atom. The molecule has 0 heterocycles. The van der Waals surface area contributed by atoms with Crippen molar-refractivity contribution < 1.29 is 5.11 Å². The summed E-state index contributed by atoms with van der Waals surface area (Å²) in [5.74, 6) is 2.42. The Bertz CT molecular complexity index is 341. The average molecular weight is 304 g/mol. The first-order chi connectivity index (χ1) is 6.15. The number of aliphatic hydroxyl groups is 1. The van der Waals surface area contributed by atoms with E-state index < -0.39 is 6.10 Å². The van der Waals surface area contributed by atoms with E-state index in [0.717, 1.165) is 14.5 Å². The summed E-state index contributed by atoms with van der Waals surface area (Å²) in [6, 6.07) is 5.57. The fourth-order valence-corrected chi connectivity index (χ4v) is 1.59. The summed E-state index contributed by atoms with van der Waals surface area (Å²) < 4.78 is 1.88. The number of halogens is 2. The van der Waals surface area contributed by atoms with Crippen LogP contribution in [0.2, 0.25) is 0 Å². The zero-order valence-electron chi connectivity index (χ0n) is 6.80. The fraction of sp³-hybridized carbons (Fsp3) is 0.200. The smallest absolute Gasteiger partial charge is 0.0899 e. The predicted octanol–water partition coefficient (Wildman–Crippen LogP) is 3.27. The quantitative estimate of drug-likeness (QED) is 0.832. The first kappa shape index (κ1) is 10.8. The van der Waals surface area contributed by atoms with Gasteiger partial charge in [-0.2, -0.15) is 0 Å². The van der Waals surface area contributed by atoms with E-state index in [9.17, 15) is 5.11 Å². The molecule has 0 aromatic heterocycles. The van der Waals surface area contributed by atoms with Gasteiger partial charge in [-0.3, -0.25) is 0 Å². The zero-order chi connectivity index (χ0) is 9.84. The average Bonchev–Trinajstić information content (AvgIpc) is 2.10. The Balaban J connectivity index is 2.91. The van der Waals surface area contributed by atoms with Crippen LogP contribution in [-0.4, -0.2) is 5.11 Å². The van der Waals surface area contributed by atoms with Crippen LogP contribution >= 0.6 is 31.9 Å². The van der Waals surface area contributed by atoms with E-state index in [4.69, 9.17) is 6.42 Å². The molecule has 1 nitrogen and oxygen atoms in total. The second-order valence-corrected chi connectivity index (χ2v) is 4.31. The summed E-state index contributed by atoms with van der Waals surface area (Å²) in [5, 5.41) is 9.56. The van der Waals surface area contributed by atoms with Gasteiger partial charge in [-0.1, -0.05) is 6.07 Å². The summed E-state index contributed by atoms with van der Waals surface area (Å²) in [6.07, 6.45) is 4.87. The Labute approximate surface area is 94.4 Å². The van der Waals surface area contributed by atoms with E-state index in [1.54, 1.807) is 0 Å². The van der Waals surface area contributed by atoms with Crippen LogP contribution in [0.5, 0.6) is 0 Å². The van der Waals surface area contributed by atoms with E-state index in [1.165, 1.54) is 0 Å². The molecule has 1 rings (SSSR count). The van der Waals surface area contributed by atoms with Gasteiger partial charge >= 0.3 is 0 Å². The lowest BCUT2D eigenvalue weighted by Crippen LogP contribution is -1.95. The van der Waals surface area contributed by atoms with Gasteiger partial charge in [0.2, 0.25) is 0 Å². The Morgan fingerprint density at radius 2 is 2.08 bits per heavy atom. The molecule has 68 valence electrons. The molecule has 0 aliphatic rings. The highest BCUT2D eigenvalue weighted by molar-refractivity contribution is 9.13. The van der Waals surface area contributed by atoms with Gasteiger partial charge in [0.1, 0.15) is 0 Å². The van der Waals surface area contributed by atoms with Crippen molar-refractivity contribution in [3.8, 4) is 12.3 Å². The highest BCUT2D eigenvalue weighted by Gasteiger charge is 2.07. The first-order valence-corrected chi connectivity index (χ1v) is 5.30. The third-order valence-corrected chi connectivity index (χ3v) is 3.52. The van der Waals surface area contributed by atoms with Gasteiger partial charge < -0.3 is 5.11 Å². The van der Waals surface area contributed by atoms with E-state index in [1.807, 2.05) is 18.2 Å². The number of benzene rings is 1. The van der Waals surface area contributed by atoms with Gasteiger partial charge in [0.15, 0.2) is 0 Å². The van der Waals surface area contributed by atoms with Gasteiger partial charge in [0.25, 0.3) is 0 Å². The highest BCUT2D eigenvalue weighted by atomic mass is 79.9. The SMILES string of the molecule is C#CCC(O)c1ccc(Br)c(Br)c1. The van der Waals surface area contributed by atoms with Crippen LogP contribution in [0.15, 0.2) is 27.1 Å². The molecule has 1 aromatic rings. The first-order valence-electron chi connectivity index (χ1n) is 3.71. The van der Waals surface area contributed by atoms with Crippen molar-refractivity contribution in [2.45, 2.75) is 12.5 Å². The van der Waals surface area contributed by atoms with Gasteiger partial charge in [-0.05, 0) is 49.6 Å². The van der Waals surface area contributed by atoms with Crippen LogP contribution in [0.4, 0.5) is 0 Å². The van der Waals surface area contributed by atoms with Crippen molar-refractivity contribution in [2.24, 2.45) is 0 Å². The number of aliphatic hydroxyl groups excluding tert-OH is 1. The normalized spacial score (nSPS) is 12.2. The molecule has 0 saturated heterocycles. The van der Waals surface area contributed by atoms with Crippen LogP contribution in [0.25, 0.3) is 0 Å². The van der Waals surface area contributed by atoms with Crippen molar-refractivity contribution in [3.05, 3.63) is 32.7 Å². The molecule has 1 aromatic carbocycles. The fourth-order valence-electron chi connectivity index (χ4n) is 0.949. The third-order valence-electron chi connectivity index (χ3n) is 1.64. The molecule has 0 amide bonds. The van der Waals surface area contributed by atoms with E-state index in [2.05, 4.69) is 37.8 Å². The minimum absolute atomic E-state index is 0.341. The molecule has 0 aliphatic carbocycles. The zero-order valence-corrected chi connectivity index (χ0v) is 9.97. The molecule has 0 radical (unpaired) electrons. The largest absolute Gasteiger partial charge is 0.387 e. The second-order valence-electron chi connectivity index (χ2n) is 2.60. The molecule has 0 fully saturated rings. The standard InChI is InChI=1S/C10H8Br2O/c1-2-3-10(13)7-4-5-8(11)9(12)6-7/h1,4-6,10,13H,3H2. The van der Waals surface area contributed by atoms with Crippen molar-refractivity contribution in [1.82, 2.24) is 0 Å². The number of rotatable bonds is 2. The summed E-state index contributed by atoms with van der Waals surface area (Å²) in [6.45, 7) is 0. The number of terminal acetylenes is 1. The van der Waals surface area contributed by atoms with Crippen LogP contribution in [-0.2, 0) is 0 Å².